The van der Waals surface area contributed by atoms with E-state index < -0.39 is 23.8 Å². The van der Waals surface area contributed by atoms with Gasteiger partial charge in [0.05, 0.1) is 17.7 Å². The van der Waals surface area contributed by atoms with Crippen LogP contribution in [0, 0.1) is 5.92 Å². The van der Waals surface area contributed by atoms with E-state index in [1.165, 1.54) is 6.07 Å². The summed E-state index contributed by atoms with van der Waals surface area (Å²) in [6.07, 6.45) is 1.71. The molecular weight excluding hydrogens is 577 g/mol. The molecule has 5 nitrogen and oxygen atoms in total. The Bertz CT molecular complexity index is 1580. The number of aromatic nitrogens is 1. The van der Waals surface area contributed by atoms with E-state index in [-0.39, 0.29) is 24.2 Å². The number of benzene rings is 3. The molecule has 8 heteroatoms. The molecule has 1 unspecified atom stereocenters. The smallest absolute Gasteiger partial charge is 0.393 e. The molecule has 2 heterocycles. The van der Waals surface area contributed by atoms with Crippen molar-refractivity contribution in [3.8, 4) is 0 Å². The molecule has 45 heavy (non-hydrogen) atoms. The number of ketones is 1. The Morgan fingerprint density at radius 2 is 1.67 bits per heavy atom. The van der Waals surface area contributed by atoms with E-state index in [0.717, 1.165) is 36.1 Å². The predicted octanol–water partition coefficient (Wildman–Crippen LogP) is 7.89. The first kappa shape index (κ1) is 32.1. The van der Waals surface area contributed by atoms with Crippen molar-refractivity contribution in [1.29, 1.82) is 0 Å². The van der Waals surface area contributed by atoms with Crippen molar-refractivity contribution in [2.45, 2.75) is 63.3 Å². The van der Waals surface area contributed by atoms with Gasteiger partial charge in [0.15, 0.2) is 5.78 Å². The summed E-state index contributed by atoms with van der Waals surface area (Å²) in [5, 5.41) is 11.3. The third-order valence-corrected chi connectivity index (χ3v) is 8.57. The average Bonchev–Trinajstić information content (AvgIpc) is 3.55. The number of likely N-dealkylation sites (tertiary alicyclic amines) is 1. The minimum atomic E-state index is -4.41. The molecule has 0 spiro atoms. The van der Waals surface area contributed by atoms with Gasteiger partial charge in [-0.2, -0.15) is 13.2 Å². The first-order valence-electron chi connectivity index (χ1n) is 15.4. The Morgan fingerprint density at radius 1 is 0.911 bits per heavy atom. The summed E-state index contributed by atoms with van der Waals surface area (Å²) < 4.78 is 39.4. The number of hydrogen-bond acceptors (Lipinski definition) is 4. The lowest BCUT2D eigenvalue weighted by atomic mass is 9.85. The minimum absolute atomic E-state index is 0.0631. The second-order valence-corrected chi connectivity index (χ2v) is 11.8. The van der Waals surface area contributed by atoms with Gasteiger partial charge in [-0.1, -0.05) is 66.7 Å². The molecule has 0 saturated carbocycles. The summed E-state index contributed by atoms with van der Waals surface area (Å²) >= 11 is 0. The van der Waals surface area contributed by atoms with E-state index in [4.69, 9.17) is 0 Å². The van der Waals surface area contributed by atoms with Gasteiger partial charge in [-0.3, -0.25) is 14.6 Å². The summed E-state index contributed by atoms with van der Waals surface area (Å²) in [4.78, 5) is 33.2. The van der Waals surface area contributed by atoms with Gasteiger partial charge in [0.1, 0.15) is 0 Å². The van der Waals surface area contributed by atoms with Crippen LogP contribution in [0.25, 0.3) is 0 Å². The Morgan fingerprint density at radius 3 is 2.42 bits per heavy atom. The van der Waals surface area contributed by atoms with Crippen LogP contribution in [0.15, 0.2) is 103 Å². The number of alkyl halides is 3. The molecule has 1 amide bonds. The quantitative estimate of drug-likeness (QED) is 0.165. The number of aliphatic hydroxyl groups excluding tert-OH is 1. The van der Waals surface area contributed by atoms with Crippen LogP contribution in [0.4, 0.5) is 13.2 Å². The van der Waals surface area contributed by atoms with E-state index in [9.17, 15) is 27.9 Å². The molecule has 1 saturated heterocycles. The largest absolute Gasteiger partial charge is 0.416 e. The molecule has 3 aromatic carbocycles. The van der Waals surface area contributed by atoms with Crippen LogP contribution >= 0.6 is 0 Å². The van der Waals surface area contributed by atoms with E-state index in [2.05, 4.69) is 4.98 Å². The van der Waals surface area contributed by atoms with Gasteiger partial charge in [-0.05, 0) is 85.4 Å². The number of carbonyl (C=O) groups excluding carboxylic acids is 2. The van der Waals surface area contributed by atoms with Crippen molar-refractivity contribution < 1.29 is 27.9 Å². The highest BCUT2D eigenvalue weighted by molar-refractivity contribution is 6.01. The first-order chi connectivity index (χ1) is 21.7. The number of halogens is 3. The summed E-state index contributed by atoms with van der Waals surface area (Å²) in [6.45, 7) is 0.627. The number of aryl methyl sites for hydroxylation is 1. The van der Waals surface area contributed by atoms with Crippen LogP contribution in [0.3, 0.4) is 0 Å². The fraction of sp³-hybridized carbons (Fsp3) is 0.324. The highest BCUT2D eigenvalue weighted by atomic mass is 19.4. The summed E-state index contributed by atoms with van der Waals surface area (Å²) in [5.41, 5.74) is 2.68. The van der Waals surface area contributed by atoms with Crippen molar-refractivity contribution in [2.75, 3.05) is 6.54 Å². The molecule has 234 valence electrons. The number of nitrogens with zero attached hydrogens (tertiary/aromatic N) is 2. The lowest BCUT2D eigenvalue weighted by Crippen LogP contribution is -2.30. The molecule has 0 aliphatic carbocycles. The number of rotatable bonds is 12. The molecule has 1 fully saturated rings. The van der Waals surface area contributed by atoms with Gasteiger partial charge >= 0.3 is 6.18 Å². The number of pyridine rings is 1. The normalized spacial score (nSPS) is 16.4. The van der Waals surface area contributed by atoms with E-state index in [1.807, 2.05) is 47.4 Å². The second kappa shape index (κ2) is 14.7. The monoisotopic (exact) mass is 614 g/mol. The maximum Gasteiger partial charge on any atom is 0.416 e. The lowest BCUT2D eigenvalue weighted by Gasteiger charge is -2.25. The zero-order valence-electron chi connectivity index (χ0n) is 25.0. The molecule has 3 atom stereocenters. The van der Waals surface area contributed by atoms with E-state index in [1.54, 1.807) is 42.7 Å². The summed E-state index contributed by atoms with van der Waals surface area (Å²) in [5.74, 6) is -0.714. The van der Waals surface area contributed by atoms with Gasteiger partial charge in [-0.15, -0.1) is 0 Å². The topological polar surface area (TPSA) is 70.5 Å². The van der Waals surface area contributed by atoms with Crippen molar-refractivity contribution in [1.82, 2.24) is 9.88 Å². The predicted molar refractivity (Wildman–Crippen MR) is 167 cm³/mol. The van der Waals surface area contributed by atoms with Gasteiger partial charge in [0, 0.05) is 36.5 Å². The molecule has 1 aliphatic rings. The highest BCUT2D eigenvalue weighted by Crippen LogP contribution is 2.33. The third kappa shape index (κ3) is 8.45. The fourth-order valence-corrected chi connectivity index (χ4v) is 6.19. The Labute approximate surface area is 261 Å². The van der Waals surface area contributed by atoms with Crippen molar-refractivity contribution in [3.05, 3.63) is 137 Å². The van der Waals surface area contributed by atoms with Gasteiger partial charge in [0.25, 0.3) is 5.91 Å². The van der Waals surface area contributed by atoms with Crippen LogP contribution < -0.4 is 0 Å². The van der Waals surface area contributed by atoms with Crippen LogP contribution in [-0.2, 0) is 19.0 Å². The van der Waals surface area contributed by atoms with Gasteiger partial charge in [-0.25, -0.2) is 0 Å². The highest BCUT2D eigenvalue weighted by Gasteiger charge is 2.32. The van der Waals surface area contributed by atoms with Crippen LogP contribution in [-0.4, -0.2) is 39.3 Å². The van der Waals surface area contributed by atoms with Crippen molar-refractivity contribution in [2.24, 2.45) is 5.92 Å². The SMILES string of the molecule is O=C(C[C@@H](Cc1ccccc1)[C@H](O)CCCc1cccc(C(F)(F)F)c1)c1cccc(C(=O)N2CCCC2c2cccnc2)c1. The van der Waals surface area contributed by atoms with Crippen molar-refractivity contribution in [3.63, 3.8) is 0 Å². The number of hydrogen-bond donors (Lipinski definition) is 1. The van der Waals surface area contributed by atoms with E-state index in [0.29, 0.717) is 48.9 Å². The molecule has 5 rings (SSSR count). The molecule has 1 aromatic heterocycles. The van der Waals surface area contributed by atoms with Crippen LogP contribution in [0.1, 0.15) is 81.1 Å². The molecular formula is C37H37F3N2O3. The molecule has 1 N–H and O–H groups in total. The number of amides is 1. The third-order valence-electron chi connectivity index (χ3n) is 8.57. The zero-order valence-corrected chi connectivity index (χ0v) is 25.0. The molecule has 1 aliphatic heterocycles. The average molecular weight is 615 g/mol. The maximum absolute atomic E-state index is 13.6. The number of aliphatic hydroxyl groups is 1. The zero-order chi connectivity index (χ0) is 31.8. The number of carbonyl (C=O) groups is 2. The van der Waals surface area contributed by atoms with E-state index >= 15 is 0 Å². The lowest BCUT2D eigenvalue weighted by molar-refractivity contribution is -0.137. The van der Waals surface area contributed by atoms with Crippen molar-refractivity contribution >= 4 is 11.7 Å². The maximum atomic E-state index is 13.6. The number of Topliss-reactive ketones (excluding diaryl/α,β-unsaturated/α-hetero) is 1. The van der Waals surface area contributed by atoms with Gasteiger partial charge < -0.3 is 10.0 Å². The van der Waals surface area contributed by atoms with Crippen LogP contribution in [0.2, 0.25) is 0 Å². The summed E-state index contributed by atoms with van der Waals surface area (Å²) in [6, 6.07) is 25.4. The first-order valence-corrected chi connectivity index (χ1v) is 15.4. The minimum Gasteiger partial charge on any atom is -0.393 e. The molecule has 0 bridgehead atoms. The summed E-state index contributed by atoms with van der Waals surface area (Å²) in [7, 11) is 0. The van der Waals surface area contributed by atoms with Crippen LogP contribution in [0.5, 0.6) is 0 Å². The Hall–Kier alpha value is -4.30. The second-order valence-electron chi connectivity index (χ2n) is 11.8. The fourth-order valence-electron chi connectivity index (χ4n) is 6.19. The molecule has 0 radical (unpaired) electrons. The Kier molecular flexibility index (Phi) is 10.5. The van der Waals surface area contributed by atoms with Gasteiger partial charge in [0.2, 0.25) is 0 Å². The standard InChI is InChI=1S/C37H37F3N2O3/c38-37(39,40)32-16-4-11-27(22-32)12-5-18-34(43)31(21-26-9-2-1-3-10-26)24-35(44)28-13-6-14-29(23-28)36(45)42-20-8-17-33(42)30-15-7-19-41-25-30/h1-4,6-7,9-11,13-16,19,22-23,25,31,33-34,43H,5,8,12,17-18,20-21,24H2/t31-,33?,34-/m1/s1. The molecule has 4 aromatic rings. The Balaban J connectivity index is 1.27.